The van der Waals surface area contributed by atoms with E-state index in [0.29, 0.717) is 11.3 Å². The van der Waals surface area contributed by atoms with Gasteiger partial charge >= 0.3 is 0 Å². The number of anilines is 1. The van der Waals surface area contributed by atoms with Crippen LogP contribution in [0.3, 0.4) is 0 Å². The van der Waals surface area contributed by atoms with E-state index in [1.54, 1.807) is 0 Å². The van der Waals surface area contributed by atoms with Gasteiger partial charge < -0.3 is 10.3 Å². The van der Waals surface area contributed by atoms with Gasteiger partial charge in [0.05, 0.1) is 6.54 Å². The van der Waals surface area contributed by atoms with Crippen molar-refractivity contribution in [2.24, 2.45) is 5.92 Å². The Hall–Kier alpha value is -2.43. The van der Waals surface area contributed by atoms with Gasteiger partial charge in [-0.1, -0.05) is 78.1 Å². The summed E-state index contributed by atoms with van der Waals surface area (Å²) in [5, 5.41) is 0. The average Bonchev–Trinajstić information content (AvgIpc) is 3.01. The quantitative estimate of drug-likeness (QED) is 0.455. The van der Waals surface area contributed by atoms with Gasteiger partial charge in [0, 0.05) is 6.42 Å². The molecule has 3 rings (SSSR count). The Morgan fingerprint density at radius 3 is 2.33 bits per heavy atom. The number of unbranched alkanes of at least 4 members (excludes halogenated alkanes) is 3. The molecule has 0 fully saturated rings. The molecule has 0 spiro atoms. The minimum absolute atomic E-state index is 0.490. The molecule has 5 nitrogen and oxygen atoms in total. The van der Waals surface area contributed by atoms with E-state index >= 15 is 0 Å². The second-order valence-electron chi connectivity index (χ2n) is 8.66. The number of nitrogen functional groups attached to an aromatic ring is 1. The van der Waals surface area contributed by atoms with E-state index in [9.17, 15) is 0 Å². The molecule has 2 N–H and O–H groups in total. The molecule has 5 heteroatoms. The van der Waals surface area contributed by atoms with Crippen molar-refractivity contribution in [1.82, 2.24) is 19.5 Å². The van der Waals surface area contributed by atoms with Crippen molar-refractivity contribution < 1.29 is 0 Å². The zero-order chi connectivity index (χ0) is 22.1. The summed E-state index contributed by atoms with van der Waals surface area (Å²) >= 11 is 0. The number of aryl methyl sites for hydroxylation is 3. The molecule has 0 bridgehead atoms. The molecule has 2 aromatic heterocycles. The first-order valence-corrected chi connectivity index (χ1v) is 11.4. The minimum atomic E-state index is 0.490. The summed E-state index contributed by atoms with van der Waals surface area (Å²) in [4.78, 5) is 13.9. The predicted octanol–water partition coefficient (Wildman–Crippen LogP) is 6.11. The number of fused-ring (bicyclic) bond motifs is 1. The van der Waals surface area contributed by atoms with E-state index in [-0.39, 0.29) is 0 Å². The topological polar surface area (TPSA) is 69.6 Å². The fourth-order valence-corrected chi connectivity index (χ4v) is 3.32. The molecule has 0 unspecified atom stereocenters. The Bertz CT molecular complexity index is 924. The Kier molecular flexibility index (Phi) is 9.28. The summed E-state index contributed by atoms with van der Waals surface area (Å²) in [6.07, 6.45) is 6.70. The fourth-order valence-electron chi connectivity index (χ4n) is 3.32. The second-order valence-corrected chi connectivity index (χ2v) is 8.66. The third-order valence-corrected chi connectivity index (χ3v) is 4.85. The molecule has 0 amide bonds. The molecule has 0 atom stereocenters. The summed E-state index contributed by atoms with van der Waals surface area (Å²) in [5.74, 6) is 3.07. The first kappa shape index (κ1) is 23.8. The van der Waals surface area contributed by atoms with Crippen LogP contribution in [0, 0.1) is 12.8 Å². The number of imidazole rings is 1. The maximum Gasteiger partial charge on any atom is 0.166 e. The van der Waals surface area contributed by atoms with Crippen LogP contribution in [0.2, 0.25) is 0 Å². The zero-order valence-corrected chi connectivity index (χ0v) is 19.7. The summed E-state index contributed by atoms with van der Waals surface area (Å²) < 4.78 is 2.15. The molecule has 0 radical (unpaired) electrons. The number of aromatic nitrogens is 4. The second kappa shape index (κ2) is 11.7. The van der Waals surface area contributed by atoms with Crippen LogP contribution in [0.4, 0.5) is 5.82 Å². The zero-order valence-electron chi connectivity index (χ0n) is 19.7. The Balaban J connectivity index is 0.000000735. The Morgan fingerprint density at radius 2 is 1.67 bits per heavy atom. The van der Waals surface area contributed by atoms with Crippen LogP contribution in [0.5, 0.6) is 0 Å². The molecular weight excluding hydrogens is 370 g/mol. The van der Waals surface area contributed by atoms with Crippen molar-refractivity contribution in [2.75, 3.05) is 5.73 Å². The standard InChI is InChI=1S/C21H29N5.C4H10/c1-4-6-7-8-12-18-24-20(22)19-21(25-18)26(15(3)23-19)14-17-11-9-10-16(5-2)13-17;1-4(2)3/h9-11,13H,4-8,12,14H2,1-3H3,(H2,22,24,25);4H,1-3H3. The van der Waals surface area contributed by atoms with Gasteiger partial charge in [-0.05, 0) is 36.8 Å². The van der Waals surface area contributed by atoms with E-state index in [1.165, 1.54) is 30.4 Å². The van der Waals surface area contributed by atoms with E-state index in [0.717, 1.165) is 49.0 Å². The van der Waals surface area contributed by atoms with Crippen LogP contribution < -0.4 is 5.73 Å². The minimum Gasteiger partial charge on any atom is -0.382 e. The molecule has 0 saturated heterocycles. The van der Waals surface area contributed by atoms with Gasteiger partial charge in [-0.2, -0.15) is 0 Å². The number of benzene rings is 1. The van der Waals surface area contributed by atoms with Crippen molar-refractivity contribution in [1.29, 1.82) is 0 Å². The van der Waals surface area contributed by atoms with Gasteiger partial charge in [0.25, 0.3) is 0 Å². The van der Waals surface area contributed by atoms with Crippen LogP contribution in [0.15, 0.2) is 24.3 Å². The molecule has 0 aliphatic carbocycles. The highest BCUT2D eigenvalue weighted by Crippen LogP contribution is 2.21. The van der Waals surface area contributed by atoms with Crippen molar-refractivity contribution in [3.8, 4) is 0 Å². The smallest absolute Gasteiger partial charge is 0.166 e. The van der Waals surface area contributed by atoms with E-state index in [2.05, 4.69) is 73.4 Å². The van der Waals surface area contributed by atoms with Gasteiger partial charge in [0.1, 0.15) is 11.6 Å². The number of nitrogens with two attached hydrogens (primary N) is 1. The summed E-state index contributed by atoms with van der Waals surface area (Å²) in [6.45, 7) is 13.7. The lowest BCUT2D eigenvalue weighted by molar-refractivity contribution is 0.652. The molecule has 164 valence electrons. The largest absolute Gasteiger partial charge is 0.382 e. The third kappa shape index (κ3) is 6.82. The first-order valence-electron chi connectivity index (χ1n) is 11.4. The molecule has 3 aromatic rings. The van der Waals surface area contributed by atoms with E-state index < -0.39 is 0 Å². The van der Waals surface area contributed by atoms with Crippen molar-refractivity contribution in [3.05, 3.63) is 47.0 Å². The maximum atomic E-state index is 6.18. The van der Waals surface area contributed by atoms with Crippen LogP contribution in [-0.2, 0) is 19.4 Å². The lowest BCUT2D eigenvalue weighted by atomic mass is 10.1. The monoisotopic (exact) mass is 409 g/mol. The first-order chi connectivity index (χ1) is 14.3. The van der Waals surface area contributed by atoms with Crippen molar-refractivity contribution in [2.45, 2.75) is 86.6 Å². The summed E-state index contributed by atoms with van der Waals surface area (Å²) in [6, 6.07) is 8.68. The predicted molar refractivity (Wildman–Crippen MR) is 128 cm³/mol. The lowest BCUT2D eigenvalue weighted by Gasteiger charge is -2.09. The number of hydrogen-bond donors (Lipinski definition) is 1. The lowest BCUT2D eigenvalue weighted by Crippen LogP contribution is -2.06. The number of hydrogen-bond acceptors (Lipinski definition) is 4. The van der Waals surface area contributed by atoms with Crippen LogP contribution >= 0.6 is 0 Å². The van der Waals surface area contributed by atoms with Gasteiger partial charge in [0.2, 0.25) is 0 Å². The highest BCUT2D eigenvalue weighted by Gasteiger charge is 2.14. The fraction of sp³-hybridized carbons (Fsp3) is 0.560. The molecule has 30 heavy (non-hydrogen) atoms. The van der Waals surface area contributed by atoms with Gasteiger partial charge in [-0.15, -0.1) is 0 Å². The van der Waals surface area contributed by atoms with Crippen molar-refractivity contribution >= 4 is 17.0 Å². The molecule has 0 saturated carbocycles. The van der Waals surface area contributed by atoms with Gasteiger partial charge in [0.15, 0.2) is 17.0 Å². The Labute approximate surface area is 182 Å². The number of rotatable bonds is 8. The van der Waals surface area contributed by atoms with Gasteiger partial charge in [-0.25, -0.2) is 15.0 Å². The van der Waals surface area contributed by atoms with Gasteiger partial charge in [-0.3, -0.25) is 0 Å². The van der Waals surface area contributed by atoms with Crippen molar-refractivity contribution in [3.63, 3.8) is 0 Å². The maximum absolute atomic E-state index is 6.18. The van der Waals surface area contributed by atoms with Crippen LogP contribution in [0.25, 0.3) is 11.2 Å². The highest BCUT2D eigenvalue weighted by atomic mass is 15.2. The van der Waals surface area contributed by atoms with Crippen LogP contribution in [0.1, 0.15) is 83.1 Å². The normalized spacial score (nSPS) is 11.0. The van der Waals surface area contributed by atoms with Crippen LogP contribution in [-0.4, -0.2) is 19.5 Å². The molecule has 2 heterocycles. The SMILES string of the molecule is CC(C)C.CCCCCCc1nc(N)c2nc(C)n(Cc3cccc(CC)c3)c2n1. The molecule has 0 aliphatic heterocycles. The molecule has 0 aliphatic rings. The number of nitrogens with zero attached hydrogens (tertiary/aromatic N) is 4. The average molecular weight is 410 g/mol. The highest BCUT2D eigenvalue weighted by molar-refractivity contribution is 5.82. The Morgan fingerprint density at radius 1 is 0.967 bits per heavy atom. The third-order valence-electron chi connectivity index (χ3n) is 4.85. The summed E-state index contributed by atoms with van der Waals surface area (Å²) in [5.41, 5.74) is 10.3. The summed E-state index contributed by atoms with van der Waals surface area (Å²) in [7, 11) is 0. The van der Waals surface area contributed by atoms with E-state index in [4.69, 9.17) is 10.7 Å². The molecule has 1 aromatic carbocycles. The molecular formula is C25H39N5. The van der Waals surface area contributed by atoms with E-state index in [1.807, 2.05) is 6.92 Å².